The summed E-state index contributed by atoms with van der Waals surface area (Å²) in [7, 11) is 0. The number of nitrogens with zero attached hydrogens (tertiary/aromatic N) is 2. The zero-order valence-corrected chi connectivity index (χ0v) is 16.0. The SMILES string of the molecule is CC(C)SC1=C(c2ccc([N+](=O)[O-])cc2)C(=O)N(Cc2ccccc2F)C1=O. The lowest BCUT2D eigenvalue weighted by atomic mass is 10.1. The van der Waals surface area contributed by atoms with Crippen molar-refractivity contribution >= 4 is 34.8 Å². The Morgan fingerprint density at radius 2 is 1.71 bits per heavy atom. The smallest absolute Gasteiger partial charge is 0.269 e. The molecule has 1 heterocycles. The minimum Gasteiger partial charge on any atom is -0.269 e. The Morgan fingerprint density at radius 3 is 2.29 bits per heavy atom. The van der Waals surface area contributed by atoms with Crippen LogP contribution in [0.4, 0.5) is 10.1 Å². The minimum atomic E-state index is -0.537. The van der Waals surface area contributed by atoms with E-state index in [-0.39, 0.29) is 33.5 Å². The molecule has 0 saturated heterocycles. The van der Waals surface area contributed by atoms with Crippen LogP contribution in [-0.4, -0.2) is 26.9 Å². The quantitative estimate of drug-likeness (QED) is 0.413. The van der Waals surface area contributed by atoms with Crippen LogP contribution in [0.5, 0.6) is 0 Å². The Bertz CT molecular complexity index is 986. The lowest BCUT2D eigenvalue weighted by Crippen LogP contribution is -2.31. The number of benzene rings is 2. The van der Waals surface area contributed by atoms with Crippen molar-refractivity contribution in [2.45, 2.75) is 25.6 Å². The fourth-order valence-electron chi connectivity index (χ4n) is 2.84. The first-order valence-corrected chi connectivity index (χ1v) is 9.43. The van der Waals surface area contributed by atoms with Gasteiger partial charge in [-0.25, -0.2) is 4.39 Å². The van der Waals surface area contributed by atoms with Gasteiger partial charge in [-0.15, -0.1) is 11.8 Å². The maximum absolute atomic E-state index is 14.0. The molecule has 0 fully saturated rings. The molecular weight excluding hydrogens is 383 g/mol. The first-order valence-electron chi connectivity index (χ1n) is 8.55. The van der Waals surface area contributed by atoms with Gasteiger partial charge in [-0.3, -0.25) is 24.6 Å². The van der Waals surface area contributed by atoms with Gasteiger partial charge in [0.15, 0.2) is 0 Å². The molecule has 1 aliphatic heterocycles. The lowest BCUT2D eigenvalue weighted by Gasteiger charge is -2.16. The number of halogens is 1. The van der Waals surface area contributed by atoms with Crippen molar-refractivity contribution in [1.82, 2.24) is 4.90 Å². The summed E-state index contributed by atoms with van der Waals surface area (Å²) in [4.78, 5) is 37.6. The number of carbonyl (C=O) groups excluding carboxylic acids is 2. The first-order chi connectivity index (χ1) is 13.3. The summed E-state index contributed by atoms with van der Waals surface area (Å²) < 4.78 is 14.0. The van der Waals surface area contributed by atoms with Gasteiger partial charge < -0.3 is 0 Å². The zero-order chi connectivity index (χ0) is 20.4. The maximum Gasteiger partial charge on any atom is 0.269 e. The van der Waals surface area contributed by atoms with E-state index in [1.54, 1.807) is 6.07 Å². The molecule has 0 atom stereocenters. The standard InChI is InChI=1S/C20H17FN2O4S/c1-12(2)28-18-17(13-7-9-15(10-8-13)23(26)27)19(24)22(20(18)25)11-14-5-3-4-6-16(14)21/h3-10,12H,11H2,1-2H3. The predicted molar refractivity (Wildman–Crippen MR) is 105 cm³/mol. The largest absolute Gasteiger partial charge is 0.269 e. The average Bonchev–Trinajstić information content (AvgIpc) is 2.87. The summed E-state index contributed by atoms with van der Waals surface area (Å²) in [6, 6.07) is 11.4. The van der Waals surface area contributed by atoms with E-state index >= 15 is 0 Å². The van der Waals surface area contributed by atoms with Crippen LogP contribution in [0.1, 0.15) is 25.0 Å². The van der Waals surface area contributed by atoms with E-state index in [9.17, 15) is 24.1 Å². The second-order valence-corrected chi connectivity index (χ2v) is 8.05. The van der Waals surface area contributed by atoms with Crippen molar-refractivity contribution in [3.8, 4) is 0 Å². The van der Waals surface area contributed by atoms with Crippen LogP contribution in [0.2, 0.25) is 0 Å². The Hall–Kier alpha value is -3.00. The summed E-state index contributed by atoms with van der Waals surface area (Å²) in [5.41, 5.74) is 0.739. The van der Waals surface area contributed by atoms with Crippen molar-refractivity contribution in [1.29, 1.82) is 0 Å². The number of rotatable bonds is 6. The van der Waals surface area contributed by atoms with Gasteiger partial charge in [0.05, 0.1) is 21.9 Å². The minimum absolute atomic E-state index is 0.0354. The summed E-state index contributed by atoms with van der Waals surface area (Å²) in [6.45, 7) is 3.60. The topological polar surface area (TPSA) is 80.5 Å². The Labute approximate surface area is 165 Å². The molecule has 8 heteroatoms. The van der Waals surface area contributed by atoms with Gasteiger partial charge >= 0.3 is 0 Å². The molecule has 2 amide bonds. The van der Waals surface area contributed by atoms with Gasteiger partial charge in [-0.05, 0) is 23.8 Å². The van der Waals surface area contributed by atoms with Crippen molar-refractivity contribution in [2.75, 3.05) is 0 Å². The molecule has 0 radical (unpaired) electrons. The Morgan fingerprint density at radius 1 is 1.07 bits per heavy atom. The Kier molecular flexibility index (Phi) is 5.60. The third-order valence-corrected chi connectivity index (χ3v) is 5.22. The third kappa shape index (κ3) is 3.82. The second-order valence-electron chi connectivity index (χ2n) is 6.46. The van der Waals surface area contributed by atoms with Gasteiger partial charge in [0, 0.05) is 22.9 Å². The summed E-state index contributed by atoms with van der Waals surface area (Å²) in [5.74, 6) is -1.52. The van der Waals surface area contributed by atoms with Crippen molar-refractivity contribution in [3.63, 3.8) is 0 Å². The number of nitro groups is 1. The van der Waals surface area contributed by atoms with Crippen molar-refractivity contribution in [2.24, 2.45) is 0 Å². The molecule has 0 saturated carbocycles. The zero-order valence-electron chi connectivity index (χ0n) is 15.2. The van der Waals surface area contributed by atoms with E-state index < -0.39 is 22.6 Å². The van der Waals surface area contributed by atoms with E-state index in [1.807, 2.05) is 13.8 Å². The monoisotopic (exact) mass is 400 g/mol. The summed E-state index contributed by atoms with van der Waals surface area (Å²) in [6.07, 6.45) is 0. The number of carbonyl (C=O) groups is 2. The van der Waals surface area contributed by atoms with E-state index in [4.69, 9.17) is 0 Å². The highest BCUT2D eigenvalue weighted by Crippen LogP contribution is 2.39. The molecule has 6 nitrogen and oxygen atoms in total. The van der Waals surface area contributed by atoms with E-state index in [1.165, 1.54) is 54.2 Å². The van der Waals surface area contributed by atoms with Crippen LogP contribution in [0.25, 0.3) is 5.57 Å². The predicted octanol–water partition coefficient (Wildman–Crippen LogP) is 4.16. The van der Waals surface area contributed by atoms with E-state index in [0.29, 0.717) is 5.56 Å². The lowest BCUT2D eigenvalue weighted by molar-refractivity contribution is -0.384. The molecular formula is C20H17FN2O4S. The fraction of sp³-hybridized carbons (Fsp3) is 0.200. The van der Waals surface area contributed by atoms with Crippen LogP contribution in [0.3, 0.4) is 0 Å². The summed E-state index contributed by atoms with van der Waals surface area (Å²) >= 11 is 1.25. The highest BCUT2D eigenvalue weighted by Gasteiger charge is 2.39. The number of non-ortho nitro benzene ring substituents is 1. The fourth-order valence-corrected chi connectivity index (χ4v) is 3.85. The molecule has 1 aliphatic rings. The molecule has 0 N–H and O–H groups in total. The van der Waals surface area contributed by atoms with E-state index in [0.717, 1.165) is 4.90 Å². The number of hydrogen-bond donors (Lipinski definition) is 0. The number of nitro benzene ring substituents is 1. The van der Waals surface area contributed by atoms with Crippen LogP contribution >= 0.6 is 11.8 Å². The number of thioether (sulfide) groups is 1. The van der Waals surface area contributed by atoms with Gasteiger partial charge in [-0.1, -0.05) is 32.0 Å². The van der Waals surface area contributed by atoms with Crippen LogP contribution in [0.15, 0.2) is 53.4 Å². The molecule has 3 rings (SSSR count). The first kappa shape index (κ1) is 19.8. The van der Waals surface area contributed by atoms with Gasteiger partial charge in [-0.2, -0.15) is 0 Å². The molecule has 28 heavy (non-hydrogen) atoms. The second kappa shape index (κ2) is 7.93. The highest BCUT2D eigenvalue weighted by molar-refractivity contribution is 8.04. The summed E-state index contributed by atoms with van der Waals surface area (Å²) in [5, 5.41) is 10.9. The molecule has 2 aromatic carbocycles. The molecule has 0 aliphatic carbocycles. The molecule has 0 bridgehead atoms. The van der Waals surface area contributed by atoms with E-state index in [2.05, 4.69) is 0 Å². The van der Waals surface area contributed by atoms with Crippen LogP contribution in [0, 0.1) is 15.9 Å². The normalized spacial score (nSPS) is 14.4. The third-order valence-electron chi connectivity index (χ3n) is 4.13. The van der Waals surface area contributed by atoms with Gasteiger partial charge in [0.1, 0.15) is 5.82 Å². The van der Waals surface area contributed by atoms with Crippen LogP contribution in [-0.2, 0) is 16.1 Å². The average molecular weight is 400 g/mol. The highest BCUT2D eigenvalue weighted by atomic mass is 32.2. The number of amides is 2. The molecule has 0 unspecified atom stereocenters. The van der Waals surface area contributed by atoms with Gasteiger partial charge in [0.25, 0.3) is 17.5 Å². The molecule has 144 valence electrons. The number of imide groups is 1. The molecule has 0 spiro atoms. The molecule has 2 aromatic rings. The van der Waals surface area contributed by atoms with Crippen molar-refractivity contribution < 1.29 is 18.9 Å². The van der Waals surface area contributed by atoms with Crippen molar-refractivity contribution in [3.05, 3.63) is 80.5 Å². The maximum atomic E-state index is 14.0. The Balaban J connectivity index is 2.00. The molecule has 0 aromatic heterocycles. The van der Waals surface area contributed by atoms with Gasteiger partial charge in [0.2, 0.25) is 0 Å². The number of hydrogen-bond acceptors (Lipinski definition) is 5. The van der Waals surface area contributed by atoms with Crippen LogP contribution < -0.4 is 0 Å².